The van der Waals surface area contributed by atoms with Crippen LogP contribution in [-0.2, 0) is 19.5 Å². The molecule has 1 heterocycles. The van der Waals surface area contributed by atoms with E-state index in [-0.39, 0.29) is 23.3 Å². The topological polar surface area (TPSA) is 73.9 Å². The van der Waals surface area contributed by atoms with Crippen LogP contribution in [-0.4, -0.2) is 48.0 Å². The van der Waals surface area contributed by atoms with Crippen LogP contribution in [0, 0.1) is 5.82 Å². The van der Waals surface area contributed by atoms with Gasteiger partial charge in [-0.25, -0.2) is 17.5 Å². The maximum atomic E-state index is 13.6. The minimum Gasteiger partial charge on any atom is -0.494 e. The number of methoxy groups -OCH3 is 1. The van der Waals surface area contributed by atoms with Crippen molar-refractivity contribution in [3.8, 4) is 5.75 Å². The third kappa shape index (κ3) is 5.42. The molecule has 1 saturated heterocycles. The summed E-state index contributed by atoms with van der Waals surface area (Å²) in [6.07, 6.45) is 2.76. The van der Waals surface area contributed by atoms with Gasteiger partial charge in [0, 0.05) is 19.8 Å². The van der Waals surface area contributed by atoms with Crippen molar-refractivity contribution in [3.05, 3.63) is 24.0 Å². The molecule has 0 radical (unpaired) electrons. The Morgan fingerprint density at radius 1 is 1.43 bits per heavy atom. The Labute approximate surface area is 136 Å². The average molecular weight is 347 g/mol. The fourth-order valence-corrected chi connectivity index (χ4v) is 3.35. The van der Waals surface area contributed by atoms with Crippen LogP contribution in [0.3, 0.4) is 0 Å². The summed E-state index contributed by atoms with van der Waals surface area (Å²) < 4.78 is 55.7. The highest BCUT2D eigenvalue weighted by molar-refractivity contribution is 7.89. The van der Waals surface area contributed by atoms with E-state index in [1.54, 1.807) is 0 Å². The highest BCUT2D eigenvalue weighted by Gasteiger charge is 2.17. The Kier molecular flexibility index (Phi) is 6.76. The quantitative estimate of drug-likeness (QED) is 0.688. The van der Waals surface area contributed by atoms with Crippen LogP contribution in [0.2, 0.25) is 0 Å². The summed E-state index contributed by atoms with van der Waals surface area (Å²) >= 11 is 0. The smallest absolute Gasteiger partial charge is 0.240 e. The third-order valence-corrected chi connectivity index (χ3v) is 4.98. The Morgan fingerprint density at radius 2 is 2.26 bits per heavy atom. The van der Waals surface area contributed by atoms with Crippen LogP contribution in [0.15, 0.2) is 23.1 Å². The highest BCUT2D eigenvalue weighted by atomic mass is 32.2. The lowest BCUT2D eigenvalue weighted by Gasteiger charge is -2.11. The normalized spacial score (nSPS) is 18.3. The Bertz CT molecular complexity index is 602. The first-order valence-corrected chi connectivity index (χ1v) is 9.04. The Morgan fingerprint density at radius 3 is 2.91 bits per heavy atom. The van der Waals surface area contributed by atoms with Gasteiger partial charge in [0.05, 0.1) is 24.7 Å². The molecule has 0 bridgehead atoms. The van der Waals surface area contributed by atoms with Gasteiger partial charge in [0.1, 0.15) is 0 Å². The van der Waals surface area contributed by atoms with Crippen molar-refractivity contribution in [1.82, 2.24) is 4.72 Å². The number of ether oxygens (including phenoxy) is 3. The predicted molar refractivity (Wildman–Crippen MR) is 82.6 cm³/mol. The van der Waals surface area contributed by atoms with E-state index in [4.69, 9.17) is 14.2 Å². The van der Waals surface area contributed by atoms with Crippen molar-refractivity contribution in [2.75, 3.05) is 33.5 Å². The van der Waals surface area contributed by atoms with Crippen LogP contribution in [0.25, 0.3) is 0 Å². The van der Waals surface area contributed by atoms with Gasteiger partial charge in [-0.2, -0.15) is 0 Å². The first kappa shape index (κ1) is 18.1. The highest BCUT2D eigenvalue weighted by Crippen LogP contribution is 2.20. The van der Waals surface area contributed by atoms with Crippen LogP contribution < -0.4 is 9.46 Å². The van der Waals surface area contributed by atoms with E-state index in [9.17, 15) is 12.8 Å². The molecule has 1 N–H and O–H groups in total. The molecule has 1 atom stereocenters. The minimum absolute atomic E-state index is 0.00600. The molecule has 6 nitrogen and oxygen atoms in total. The molecule has 0 saturated carbocycles. The molecule has 2 rings (SSSR count). The van der Waals surface area contributed by atoms with Gasteiger partial charge >= 0.3 is 0 Å². The van der Waals surface area contributed by atoms with E-state index < -0.39 is 15.8 Å². The number of hydrogen-bond acceptors (Lipinski definition) is 5. The molecule has 8 heteroatoms. The number of benzene rings is 1. The summed E-state index contributed by atoms with van der Waals surface area (Å²) in [7, 11) is -2.42. The lowest BCUT2D eigenvalue weighted by atomic mass is 10.2. The van der Waals surface area contributed by atoms with Crippen LogP contribution in [0.4, 0.5) is 4.39 Å². The summed E-state index contributed by atoms with van der Waals surface area (Å²) in [4.78, 5) is -0.129. The van der Waals surface area contributed by atoms with Crippen molar-refractivity contribution in [2.24, 2.45) is 0 Å². The number of sulfonamides is 1. The maximum Gasteiger partial charge on any atom is 0.240 e. The van der Waals surface area contributed by atoms with Crippen molar-refractivity contribution in [1.29, 1.82) is 0 Å². The average Bonchev–Trinajstić information content (AvgIpc) is 3.04. The molecule has 1 aromatic rings. The first-order chi connectivity index (χ1) is 11.0. The second-order valence-corrected chi connectivity index (χ2v) is 7.02. The van der Waals surface area contributed by atoms with E-state index in [1.807, 2.05) is 0 Å². The van der Waals surface area contributed by atoms with Gasteiger partial charge in [-0.1, -0.05) is 0 Å². The predicted octanol–water partition coefficient (Wildman–Crippen LogP) is 1.70. The van der Waals surface area contributed by atoms with E-state index >= 15 is 0 Å². The van der Waals surface area contributed by atoms with Gasteiger partial charge in [-0.3, -0.25) is 0 Å². The fourth-order valence-electron chi connectivity index (χ4n) is 2.27. The summed E-state index contributed by atoms with van der Waals surface area (Å²) in [6, 6.07) is 3.53. The molecule has 0 aromatic heterocycles. The first-order valence-electron chi connectivity index (χ1n) is 7.55. The lowest BCUT2D eigenvalue weighted by molar-refractivity contribution is 0.0169. The summed E-state index contributed by atoms with van der Waals surface area (Å²) in [5.74, 6) is -0.707. The molecule has 0 aliphatic carbocycles. The van der Waals surface area contributed by atoms with E-state index in [0.29, 0.717) is 19.6 Å². The zero-order chi connectivity index (χ0) is 16.7. The summed E-state index contributed by atoms with van der Waals surface area (Å²) in [6.45, 7) is 1.99. The maximum absolute atomic E-state index is 13.6. The molecule has 1 aliphatic rings. The molecule has 1 aromatic carbocycles. The van der Waals surface area contributed by atoms with Crippen LogP contribution in [0.5, 0.6) is 5.75 Å². The Balaban J connectivity index is 1.72. The molecule has 130 valence electrons. The SMILES string of the molecule is COc1ccc(S(=O)(=O)NCCCOCC2CCCO2)cc1F. The van der Waals surface area contributed by atoms with Crippen molar-refractivity contribution in [2.45, 2.75) is 30.3 Å². The second kappa shape index (κ2) is 8.58. The lowest BCUT2D eigenvalue weighted by Crippen LogP contribution is -2.26. The Hall–Kier alpha value is -1.22. The fraction of sp³-hybridized carbons (Fsp3) is 0.600. The number of halogens is 1. The molecular weight excluding hydrogens is 325 g/mol. The zero-order valence-electron chi connectivity index (χ0n) is 13.1. The second-order valence-electron chi connectivity index (χ2n) is 5.26. The van der Waals surface area contributed by atoms with Crippen molar-refractivity contribution < 1.29 is 27.0 Å². The third-order valence-electron chi connectivity index (χ3n) is 3.52. The molecule has 1 aliphatic heterocycles. The van der Waals surface area contributed by atoms with Gasteiger partial charge in [-0.15, -0.1) is 0 Å². The van der Waals surface area contributed by atoms with E-state index in [0.717, 1.165) is 25.5 Å². The van der Waals surface area contributed by atoms with Gasteiger partial charge in [-0.05, 0) is 37.5 Å². The van der Waals surface area contributed by atoms with Crippen LogP contribution in [0.1, 0.15) is 19.3 Å². The molecule has 0 spiro atoms. The minimum atomic E-state index is -3.74. The standard InChI is InChI=1S/C15H22FNO5S/c1-20-15-6-5-13(10-14(15)16)23(18,19)17-7-3-8-21-11-12-4-2-9-22-12/h5-6,10,12,17H,2-4,7-9,11H2,1H3. The molecular formula is C15H22FNO5S. The number of rotatable bonds is 9. The number of hydrogen-bond donors (Lipinski definition) is 1. The zero-order valence-corrected chi connectivity index (χ0v) is 13.9. The monoisotopic (exact) mass is 347 g/mol. The molecule has 1 fully saturated rings. The van der Waals surface area contributed by atoms with Gasteiger partial charge in [0.15, 0.2) is 11.6 Å². The largest absolute Gasteiger partial charge is 0.494 e. The van der Waals surface area contributed by atoms with E-state index in [1.165, 1.54) is 19.2 Å². The summed E-state index contributed by atoms with van der Waals surface area (Å²) in [5, 5.41) is 0. The van der Waals surface area contributed by atoms with Crippen molar-refractivity contribution in [3.63, 3.8) is 0 Å². The van der Waals surface area contributed by atoms with Crippen LogP contribution >= 0.6 is 0 Å². The van der Waals surface area contributed by atoms with Gasteiger partial charge < -0.3 is 14.2 Å². The van der Waals surface area contributed by atoms with Gasteiger partial charge in [0.2, 0.25) is 10.0 Å². The molecule has 1 unspecified atom stereocenters. The summed E-state index contributed by atoms with van der Waals surface area (Å²) in [5.41, 5.74) is 0. The molecule has 0 amide bonds. The van der Waals surface area contributed by atoms with E-state index in [2.05, 4.69) is 4.72 Å². The molecule has 23 heavy (non-hydrogen) atoms. The van der Waals surface area contributed by atoms with Gasteiger partial charge in [0.25, 0.3) is 0 Å². The van der Waals surface area contributed by atoms with Crippen molar-refractivity contribution >= 4 is 10.0 Å². The number of nitrogens with one attached hydrogen (secondary N) is 1.